The van der Waals surface area contributed by atoms with Crippen molar-refractivity contribution in [3.63, 3.8) is 0 Å². The molecule has 0 fully saturated rings. The fourth-order valence-electron chi connectivity index (χ4n) is 2.10. The molecule has 0 spiro atoms. The Labute approximate surface area is 133 Å². The number of hydrogen-bond donors (Lipinski definition) is 1. The Bertz CT molecular complexity index is 521. The molecule has 0 aliphatic rings. The van der Waals surface area contributed by atoms with Crippen molar-refractivity contribution in [2.45, 2.75) is 32.7 Å². The van der Waals surface area contributed by atoms with E-state index in [1.54, 1.807) is 0 Å². The summed E-state index contributed by atoms with van der Waals surface area (Å²) < 4.78 is 1.33. The molecule has 1 unspecified atom stereocenters. The maximum atomic E-state index is 3.69. The highest BCUT2D eigenvalue weighted by atomic mass is 127. The normalized spacial score (nSPS) is 12.6. The molecule has 1 heterocycles. The van der Waals surface area contributed by atoms with Crippen LogP contribution in [-0.4, -0.2) is 6.54 Å². The molecule has 1 aromatic carbocycles. The standard InChI is InChI=1S/C16H20INS/c1-3-11-18-16(13-7-5-6-8-14(13)17)15-10-9-12(4-2)19-15/h5-10,16,18H,3-4,11H2,1-2H3. The number of aryl methyl sites for hydroxylation is 1. The zero-order valence-corrected chi connectivity index (χ0v) is 14.4. The molecule has 0 amide bonds. The Balaban J connectivity index is 2.32. The molecule has 2 rings (SSSR count). The van der Waals surface area contributed by atoms with Gasteiger partial charge in [-0.2, -0.15) is 0 Å². The zero-order valence-electron chi connectivity index (χ0n) is 11.4. The van der Waals surface area contributed by atoms with E-state index in [1.807, 2.05) is 11.3 Å². The lowest BCUT2D eigenvalue weighted by Crippen LogP contribution is -2.23. The molecule has 1 N–H and O–H groups in total. The summed E-state index contributed by atoms with van der Waals surface area (Å²) in [6, 6.07) is 13.5. The second-order valence-electron chi connectivity index (χ2n) is 4.57. The maximum Gasteiger partial charge on any atom is 0.0681 e. The van der Waals surface area contributed by atoms with Gasteiger partial charge in [-0.1, -0.05) is 32.0 Å². The minimum Gasteiger partial charge on any atom is -0.306 e. The average Bonchev–Trinajstić information content (AvgIpc) is 2.90. The van der Waals surface area contributed by atoms with Gasteiger partial charge in [0, 0.05) is 13.3 Å². The van der Waals surface area contributed by atoms with Crippen molar-refractivity contribution in [2.75, 3.05) is 6.54 Å². The molecule has 0 saturated carbocycles. The topological polar surface area (TPSA) is 12.0 Å². The first kappa shape index (κ1) is 15.0. The van der Waals surface area contributed by atoms with Crippen LogP contribution in [0, 0.1) is 3.57 Å². The second-order valence-corrected chi connectivity index (χ2v) is 6.93. The molecular weight excluding hydrogens is 365 g/mol. The molecule has 1 nitrogen and oxygen atoms in total. The van der Waals surface area contributed by atoms with Crippen LogP contribution in [0.5, 0.6) is 0 Å². The molecule has 0 bridgehead atoms. The highest BCUT2D eigenvalue weighted by Crippen LogP contribution is 2.31. The third kappa shape index (κ3) is 3.80. The highest BCUT2D eigenvalue weighted by Gasteiger charge is 2.17. The first-order chi connectivity index (χ1) is 9.26. The molecule has 0 aliphatic carbocycles. The predicted molar refractivity (Wildman–Crippen MR) is 93.0 cm³/mol. The van der Waals surface area contributed by atoms with Gasteiger partial charge in [-0.15, -0.1) is 11.3 Å². The molecule has 1 atom stereocenters. The van der Waals surface area contributed by atoms with Gasteiger partial charge < -0.3 is 5.32 Å². The summed E-state index contributed by atoms with van der Waals surface area (Å²) in [4.78, 5) is 2.89. The van der Waals surface area contributed by atoms with Gasteiger partial charge in [0.2, 0.25) is 0 Å². The van der Waals surface area contributed by atoms with E-state index in [-0.39, 0.29) is 0 Å². The lowest BCUT2D eigenvalue weighted by molar-refractivity contribution is 0.604. The van der Waals surface area contributed by atoms with E-state index in [2.05, 4.69) is 78.2 Å². The second kappa shape index (κ2) is 7.41. The third-order valence-corrected chi connectivity index (χ3v) is 5.41. The minimum absolute atomic E-state index is 0.332. The van der Waals surface area contributed by atoms with Crippen LogP contribution in [0.2, 0.25) is 0 Å². The summed E-state index contributed by atoms with van der Waals surface area (Å²) in [5.74, 6) is 0. The van der Waals surface area contributed by atoms with E-state index in [0.29, 0.717) is 6.04 Å². The summed E-state index contributed by atoms with van der Waals surface area (Å²) in [5, 5.41) is 3.69. The molecule has 0 aliphatic heterocycles. The highest BCUT2D eigenvalue weighted by molar-refractivity contribution is 14.1. The summed E-state index contributed by atoms with van der Waals surface area (Å²) in [5.41, 5.74) is 1.39. The summed E-state index contributed by atoms with van der Waals surface area (Å²) >= 11 is 4.36. The summed E-state index contributed by atoms with van der Waals surface area (Å²) in [6.07, 6.45) is 2.28. The van der Waals surface area contributed by atoms with Gasteiger partial charge >= 0.3 is 0 Å². The van der Waals surface area contributed by atoms with Gasteiger partial charge in [0.25, 0.3) is 0 Å². The van der Waals surface area contributed by atoms with Gasteiger partial charge in [-0.05, 0) is 65.7 Å². The minimum atomic E-state index is 0.332. The Morgan fingerprint density at radius 1 is 1.16 bits per heavy atom. The van der Waals surface area contributed by atoms with Crippen LogP contribution in [0.25, 0.3) is 0 Å². The van der Waals surface area contributed by atoms with Gasteiger partial charge in [0.1, 0.15) is 0 Å². The van der Waals surface area contributed by atoms with Crippen LogP contribution in [0.15, 0.2) is 36.4 Å². The van der Waals surface area contributed by atoms with Crippen LogP contribution in [0.3, 0.4) is 0 Å². The van der Waals surface area contributed by atoms with Crippen LogP contribution >= 0.6 is 33.9 Å². The molecule has 3 heteroatoms. The SMILES string of the molecule is CCCNC(c1ccc(CC)s1)c1ccccc1I. The lowest BCUT2D eigenvalue weighted by Gasteiger charge is -2.19. The molecule has 0 radical (unpaired) electrons. The van der Waals surface area contributed by atoms with E-state index in [9.17, 15) is 0 Å². The van der Waals surface area contributed by atoms with Gasteiger partial charge in [0.05, 0.1) is 6.04 Å². The Hall–Kier alpha value is -0.390. The number of rotatable bonds is 6. The van der Waals surface area contributed by atoms with Gasteiger partial charge in [0.15, 0.2) is 0 Å². The van der Waals surface area contributed by atoms with Crippen molar-refractivity contribution in [1.29, 1.82) is 0 Å². The molecule has 1 aromatic heterocycles. The van der Waals surface area contributed by atoms with E-state index < -0.39 is 0 Å². The third-order valence-electron chi connectivity index (χ3n) is 3.13. The average molecular weight is 385 g/mol. The number of hydrogen-bond acceptors (Lipinski definition) is 2. The van der Waals surface area contributed by atoms with Crippen LogP contribution < -0.4 is 5.32 Å². The van der Waals surface area contributed by atoms with E-state index in [1.165, 1.54) is 18.9 Å². The predicted octanol–water partition coefficient (Wildman–Crippen LogP) is 5.00. The number of benzene rings is 1. The van der Waals surface area contributed by atoms with Crippen LogP contribution in [0.1, 0.15) is 41.6 Å². The molecular formula is C16H20INS. The molecule has 19 heavy (non-hydrogen) atoms. The first-order valence-electron chi connectivity index (χ1n) is 6.82. The van der Waals surface area contributed by atoms with Crippen molar-refractivity contribution < 1.29 is 0 Å². The Kier molecular flexibility index (Phi) is 5.85. The Morgan fingerprint density at radius 3 is 2.58 bits per heavy atom. The summed E-state index contributed by atoms with van der Waals surface area (Å²) in [7, 11) is 0. The lowest BCUT2D eigenvalue weighted by atomic mass is 10.1. The number of thiophene rings is 1. The van der Waals surface area contributed by atoms with Crippen LogP contribution in [-0.2, 0) is 6.42 Å². The van der Waals surface area contributed by atoms with Crippen LogP contribution in [0.4, 0.5) is 0 Å². The fraction of sp³-hybridized carbons (Fsp3) is 0.375. The van der Waals surface area contributed by atoms with E-state index in [0.717, 1.165) is 19.4 Å². The smallest absolute Gasteiger partial charge is 0.0681 e. The van der Waals surface area contributed by atoms with Crippen molar-refractivity contribution >= 4 is 33.9 Å². The van der Waals surface area contributed by atoms with Gasteiger partial charge in [-0.25, -0.2) is 0 Å². The number of nitrogens with one attached hydrogen (secondary N) is 1. The van der Waals surface area contributed by atoms with Crippen molar-refractivity contribution in [2.24, 2.45) is 0 Å². The van der Waals surface area contributed by atoms with Crippen molar-refractivity contribution in [3.8, 4) is 0 Å². The first-order valence-corrected chi connectivity index (χ1v) is 8.72. The molecule has 0 saturated heterocycles. The van der Waals surface area contributed by atoms with Crippen molar-refractivity contribution in [1.82, 2.24) is 5.32 Å². The fourth-order valence-corrected chi connectivity index (χ4v) is 3.85. The zero-order chi connectivity index (χ0) is 13.7. The van der Waals surface area contributed by atoms with E-state index >= 15 is 0 Å². The van der Waals surface area contributed by atoms with Gasteiger partial charge in [-0.3, -0.25) is 0 Å². The Morgan fingerprint density at radius 2 is 1.95 bits per heavy atom. The van der Waals surface area contributed by atoms with Crippen molar-refractivity contribution in [3.05, 3.63) is 55.3 Å². The quantitative estimate of drug-likeness (QED) is 0.690. The molecule has 2 aromatic rings. The largest absolute Gasteiger partial charge is 0.306 e. The number of halogens is 1. The monoisotopic (exact) mass is 385 g/mol. The molecule has 102 valence electrons. The summed E-state index contributed by atoms with van der Waals surface area (Å²) in [6.45, 7) is 5.48. The maximum absolute atomic E-state index is 3.69. The van der Waals surface area contributed by atoms with E-state index in [4.69, 9.17) is 0 Å².